The zero-order chi connectivity index (χ0) is 14.4. The van der Waals surface area contributed by atoms with Crippen LogP contribution in [0.25, 0.3) is 0 Å². The Hall–Kier alpha value is -0.600. The monoisotopic (exact) mass is 274 g/mol. The van der Waals surface area contributed by atoms with E-state index in [2.05, 4.69) is 18.6 Å². The molecule has 0 aliphatic carbocycles. The van der Waals surface area contributed by atoms with Gasteiger partial charge in [0.25, 0.3) is 0 Å². The van der Waals surface area contributed by atoms with Gasteiger partial charge in [-0.1, -0.05) is 34.6 Å². The second-order valence-electron chi connectivity index (χ2n) is 6.25. The molecule has 0 saturated carbocycles. The Morgan fingerprint density at radius 3 is 2.22 bits per heavy atom. The Balaban J connectivity index is 4.62. The number of unbranched alkanes of at least 4 members (excludes halogenated alkanes) is 1. The van der Waals surface area contributed by atoms with Crippen LogP contribution in [0.1, 0.15) is 53.9 Å². The van der Waals surface area contributed by atoms with Crippen molar-refractivity contribution in [2.45, 2.75) is 59.9 Å². The van der Waals surface area contributed by atoms with Crippen molar-refractivity contribution >= 4 is 10.0 Å². The van der Waals surface area contributed by atoms with Gasteiger partial charge in [0, 0.05) is 12.5 Å². The summed E-state index contributed by atoms with van der Waals surface area (Å²) in [4.78, 5) is 0. The van der Waals surface area contributed by atoms with Gasteiger partial charge in [-0.25, -0.2) is 13.1 Å². The van der Waals surface area contributed by atoms with Crippen LogP contribution in [0.4, 0.5) is 0 Å². The lowest BCUT2D eigenvalue weighted by Crippen LogP contribution is -2.45. The molecule has 4 nitrogen and oxygen atoms in total. The van der Waals surface area contributed by atoms with Gasteiger partial charge in [0.1, 0.15) is 0 Å². The minimum atomic E-state index is -3.28. The first kappa shape index (κ1) is 17.4. The largest absolute Gasteiger partial charge is 0.212 e. The zero-order valence-electron chi connectivity index (χ0n) is 12.2. The molecule has 0 aliphatic rings. The predicted octanol–water partition coefficient (Wildman–Crippen LogP) is 2.67. The molecule has 0 radical (unpaired) electrons. The van der Waals surface area contributed by atoms with Crippen LogP contribution in [-0.2, 0) is 10.0 Å². The lowest BCUT2D eigenvalue weighted by atomic mass is 9.83. The number of hydrogen-bond donors (Lipinski definition) is 1. The van der Waals surface area contributed by atoms with E-state index in [4.69, 9.17) is 5.26 Å². The van der Waals surface area contributed by atoms with Crippen molar-refractivity contribution < 1.29 is 8.42 Å². The lowest BCUT2D eigenvalue weighted by Gasteiger charge is -2.32. The van der Waals surface area contributed by atoms with Crippen molar-refractivity contribution in [1.82, 2.24) is 4.72 Å². The van der Waals surface area contributed by atoms with Crippen LogP contribution >= 0.6 is 0 Å². The molecule has 0 fully saturated rings. The molecule has 106 valence electrons. The maximum Gasteiger partial charge on any atom is 0.211 e. The molecular weight excluding hydrogens is 248 g/mol. The topological polar surface area (TPSA) is 70.0 Å². The predicted molar refractivity (Wildman–Crippen MR) is 74.5 cm³/mol. The molecule has 0 saturated heterocycles. The van der Waals surface area contributed by atoms with Gasteiger partial charge in [-0.15, -0.1) is 0 Å². The molecule has 0 aromatic heterocycles. The van der Waals surface area contributed by atoms with Gasteiger partial charge >= 0.3 is 0 Å². The van der Waals surface area contributed by atoms with E-state index >= 15 is 0 Å². The highest BCUT2D eigenvalue weighted by molar-refractivity contribution is 7.89. The molecule has 0 unspecified atom stereocenters. The molecule has 0 spiro atoms. The number of nitrogens with zero attached hydrogens (tertiary/aromatic N) is 1. The molecule has 0 heterocycles. The summed E-state index contributed by atoms with van der Waals surface area (Å²) in [5, 5.41) is 8.43. The van der Waals surface area contributed by atoms with E-state index < -0.39 is 10.0 Å². The standard InChI is InChI=1S/C13H26N2O2S/c1-11(2)10-12(13(3,4)5)15-18(16,17)9-7-6-8-14/h11-12,15H,6-7,9-10H2,1-5H3/t12-/m1/s1. The summed E-state index contributed by atoms with van der Waals surface area (Å²) in [6.45, 7) is 10.3. The van der Waals surface area contributed by atoms with Crippen LogP contribution < -0.4 is 4.72 Å². The zero-order valence-corrected chi connectivity index (χ0v) is 13.0. The van der Waals surface area contributed by atoms with Crippen molar-refractivity contribution in [3.8, 4) is 6.07 Å². The molecular formula is C13H26N2O2S. The maximum absolute atomic E-state index is 11.9. The quantitative estimate of drug-likeness (QED) is 0.726. The van der Waals surface area contributed by atoms with Crippen molar-refractivity contribution in [3.63, 3.8) is 0 Å². The van der Waals surface area contributed by atoms with E-state index in [1.165, 1.54) is 0 Å². The number of sulfonamides is 1. The number of nitrogens with one attached hydrogen (secondary N) is 1. The van der Waals surface area contributed by atoms with E-state index in [-0.39, 0.29) is 23.6 Å². The fourth-order valence-corrected chi connectivity index (χ4v) is 3.19. The minimum absolute atomic E-state index is 0.0330. The Morgan fingerprint density at radius 1 is 1.28 bits per heavy atom. The first-order valence-corrected chi connectivity index (χ1v) is 8.10. The second kappa shape index (κ2) is 7.10. The fraction of sp³-hybridized carbons (Fsp3) is 0.923. The highest BCUT2D eigenvalue weighted by atomic mass is 32.2. The fourth-order valence-electron chi connectivity index (χ4n) is 1.67. The van der Waals surface area contributed by atoms with Crippen LogP contribution in [0.2, 0.25) is 0 Å². The average Bonchev–Trinajstić information content (AvgIpc) is 2.14. The Bertz CT molecular complexity index is 375. The smallest absolute Gasteiger partial charge is 0.211 e. The summed E-state index contributed by atoms with van der Waals surface area (Å²) in [7, 11) is -3.28. The van der Waals surface area contributed by atoms with Crippen LogP contribution in [0.5, 0.6) is 0 Å². The van der Waals surface area contributed by atoms with Crippen LogP contribution in [0.15, 0.2) is 0 Å². The van der Waals surface area contributed by atoms with E-state index in [0.717, 1.165) is 6.42 Å². The molecule has 5 heteroatoms. The minimum Gasteiger partial charge on any atom is -0.212 e. The Kier molecular flexibility index (Phi) is 6.87. The van der Waals surface area contributed by atoms with Gasteiger partial charge in [0.15, 0.2) is 0 Å². The van der Waals surface area contributed by atoms with Crippen LogP contribution in [0.3, 0.4) is 0 Å². The molecule has 0 aromatic rings. The van der Waals surface area contributed by atoms with Crippen molar-refractivity contribution in [2.24, 2.45) is 11.3 Å². The van der Waals surface area contributed by atoms with Gasteiger partial charge in [0.05, 0.1) is 11.8 Å². The third-order valence-corrected chi connectivity index (χ3v) is 4.25. The SMILES string of the molecule is CC(C)C[C@@H](NS(=O)(=O)CCCC#N)C(C)(C)C. The second-order valence-corrected chi connectivity index (χ2v) is 8.12. The first-order valence-electron chi connectivity index (χ1n) is 6.45. The van der Waals surface area contributed by atoms with Crippen molar-refractivity contribution in [3.05, 3.63) is 0 Å². The Morgan fingerprint density at radius 2 is 1.83 bits per heavy atom. The highest BCUT2D eigenvalue weighted by Crippen LogP contribution is 2.25. The summed E-state index contributed by atoms with van der Waals surface area (Å²) in [6.07, 6.45) is 1.50. The molecule has 0 amide bonds. The van der Waals surface area contributed by atoms with Crippen molar-refractivity contribution in [2.75, 3.05) is 5.75 Å². The number of nitriles is 1. The molecule has 18 heavy (non-hydrogen) atoms. The summed E-state index contributed by atoms with van der Waals surface area (Å²) < 4.78 is 26.6. The third kappa shape index (κ3) is 7.67. The maximum atomic E-state index is 11.9. The van der Waals surface area contributed by atoms with Gasteiger partial charge in [-0.3, -0.25) is 0 Å². The van der Waals surface area contributed by atoms with Gasteiger partial charge < -0.3 is 0 Å². The normalized spacial score (nSPS) is 14.5. The molecule has 1 N–H and O–H groups in total. The van der Waals surface area contributed by atoms with Gasteiger partial charge in [0.2, 0.25) is 10.0 Å². The van der Waals surface area contributed by atoms with E-state index in [0.29, 0.717) is 12.3 Å². The number of rotatable bonds is 7. The molecule has 0 bridgehead atoms. The summed E-state index contributed by atoms with van der Waals surface area (Å²) in [5.74, 6) is 0.474. The molecule has 0 rings (SSSR count). The van der Waals surface area contributed by atoms with Gasteiger partial charge in [-0.05, 0) is 24.2 Å². The lowest BCUT2D eigenvalue weighted by molar-refractivity contribution is 0.262. The van der Waals surface area contributed by atoms with Gasteiger partial charge in [-0.2, -0.15) is 5.26 Å². The molecule has 0 aromatic carbocycles. The van der Waals surface area contributed by atoms with Crippen molar-refractivity contribution in [1.29, 1.82) is 5.26 Å². The number of hydrogen-bond acceptors (Lipinski definition) is 3. The van der Waals surface area contributed by atoms with E-state index in [9.17, 15) is 8.42 Å². The average molecular weight is 274 g/mol. The van der Waals surface area contributed by atoms with E-state index in [1.807, 2.05) is 26.8 Å². The summed E-state index contributed by atoms with van der Waals surface area (Å²) >= 11 is 0. The summed E-state index contributed by atoms with van der Waals surface area (Å²) in [6, 6.07) is 1.90. The molecule has 0 aliphatic heterocycles. The molecule has 1 atom stereocenters. The summed E-state index contributed by atoms with van der Waals surface area (Å²) in [5.41, 5.74) is -0.105. The third-order valence-electron chi connectivity index (χ3n) is 2.78. The van der Waals surface area contributed by atoms with Crippen LogP contribution in [-0.4, -0.2) is 20.2 Å². The van der Waals surface area contributed by atoms with Crippen LogP contribution in [0, 0.1) is 22.7 Å². The van der Waals surface area contributed by atoms with E-state index in [1.54, 1.807) is 0 Å². The first-order chi connectivity index (χ1) is 8.08. The highest BCUT2D eigenvalue weighted by Gasteiger charge is 2.29. The Labute approximate surface area is 112 Å².